The molecule has 1 aromatic carbocycles. The first-order valence-electron chi connectivity index (χ1n) is 12.2. The van der Waals surface area contributed by atoms with Crippen molar-refractivity contribution in [3.8, 4) is 0 Å². The Morgan fingerprint density at radius 2 is 1.82 bits per heavy atom. The molecule has 184 valence electrons. The Kier molecular flexibility index (Phi) is 10.8. The minimum atomic E-state index is -0.609. The van der Waals surface area contributed by atoms with Gasteiger partial charge < -0.3 is 10.2 Å². The molecule has 2 rings (SSSR count). The molecule has 0 radical (unpaired) electrons. The number of piperidine rings is 1. The van der Waals surface area contributed by atoms with E-state index in [1.165, 1.54) is 5.06 Å². The molecule has 0 aromatic heterocycles. The first-order chi connectivity index (χ1) is 15.8. The number of nitrogens with zero attached hydrogens (tertiary/aromatic N) is 2. The maximum Gasteiger partial charge on any atom is 0.245 e. The predicted molar refractivity (Wildman–Crippen MR) is 129 cm³/mol. The van der Waals surface area contributed by atoms with Crippen molar-refractivity contribution in [1.29, 1.82) is 0 Å². The summed E-state index contributed by atoms with van der Waals surface area (Å²) in [7, 11) is 0. The molecule has 1 fully saturated rings. The van der Waals surface area contributed by atoms with E-state index in [9.17, 15) is 14.4 Å². The average Bonchev–Trinajstić information content (AvgIpc) is 2.82. The number of amides is 3. The molecular weight excluding hydrogens is 418 g/mol. The summed E-state index contributed by atoms with van der Waals surface area (Å²) < 4.78 is 0. The highest BCUT2D eigenvalue weighted by Crippen LogP contribution is 2.24. The van der Waals surface area contributed by atoms with Crippen LogP contribution in [-0.4, -0.2) is 53.9 Å². The van der Waals surface area contributed by atoms with E-state index in [2.05, 4.69) is 12.2 Å². The van der Waals surface area contributed by atoms with Gasteiger partial charge in [0.15, 0.2) is 0 Å². The number of nitrogens with one attached hydrogen (secondary N) is 1. The van der Waals surface area contributed by atoms with Crippen LogP contribution in [-0.2, 0) is 25.8 Å². The molecule has 0 saturated carbocycles. The van der Waals surface area contributed by atoms with Gasteiger partial charge in [-0.15, -0.1) is 0 Å². The summed E-state index contributed by atoms with van der Waals surface area (Å²) in [5.74, 6) is -0.675. The van der Waals surface area contributed by atoms with Crippen LogP contribution in [0.15, 0.2) is 30.3 Å². The van der Waals surface area contributed by atoms with Crippen molar-refractivity contribution in [1.82, 2.24) is 15.3 Å². The molecular formula is C26H41N3O4. The number of likely N-dealkylation sites (tertiary alicyclic amines) is 1. The lowest BCUT2D eigenvalue weighted by atomic mass is 9.84. The van der Waals surface area contributed by atoms with Crippen molar-refractivity contribution in [3.05, 3.63) is 35.9 Å². The molecule has 0 aliphatic carbocycles. The van der Waals surface area contributed by atoms with Gasteiger partial charge in [0, 0.05) is 13.1 Å². The normalized spacial score (nSPS) is 16.1. The minimum Gasteiger partial charge on any atom is -0.344 e. The van der Waals surface area contributed by atoms with Crippen LogP contribution in [0.5, 0.6) is 0 Å². The number of hydrogen-bond acceptors (Lipinski definition) is 4. The number of carbonyl (C=O) groups is 3. The second-order valence-electron chi connectivity index (χ2n) is 10.00. The highest BCUT2D eigenvalue weighted by atomic mass is 16.7. The van der Waals surface area contributed by atoms with E-state index in [4.69, 9.17) is 4.84 Å². The molecule has 1 N–H and O–H groups in total. The molecule has 1 heterocycles. The van der Waals surface area contributed by atoms with E-state index >= 15 is 0 Å². The van der Waals surface area contributed by atoms with Gasteiger partial charge in [-0.3, -0.25) is 19.2 Å². The molecule has 1 aliphatic rings. The third-order valence-corrected chi connectivity index (χ3v) is 6.10. The average molecular weight is 460 g/mol. The summed E-state index contributed by atoms with van der Waals surface area (Å²) in [5, 5.41) is 4.24. The number of unbranched alkanes of at least 4 members (excludes halogenated alkanes) is 1. The SMILES string of the molecule is CCCCC(CN(C=O)OCc1ccccc1)C(=O)NC(C(=O)N1CCCCC1)C(C)(C)C. The third-order valence-electron chi connectivity index (χ3n) is 6.10. The largest absolute Gasteiger partial charge is 0.344 e. The van der Waals surface area contributed by atoms with Crippen molar-refractivity contribution in [3.63, 3.8) is 0 Å². The zero-order chi connectivity index (χ0) is 24.3. The zero-order valence-corrected chi connectivity index (χ0v) is 20.7. The summed E-state index contributed by atoms with van der Waals surface area (Å²) >= 11 is 0. The monoisotopic (exact) mass is 459 g/mol. The fraction of sp³-hybridized carbons (Fsp3) is 0.654. The third kappa shape index (κ3) is 8.80. The van der Waals surface area contributed by atoms with Gasteiger partial charge >= 0.3 is 0 Å². The highest BCUT2D eigenvalue weighted by molar-refractivity contribution is 5.89. The lowest BCUT2D eigenvalue weighted by Gasteiger charge is -2.37. The van der Waals surface area contributed by atoms with Crippen LogP contribution in [0.4, 0.5) is 0 Å². The van der Waals surface area contributed by atoms with E-state index < -0.39 is 17.4 Å². The Hall–Kier alpha value is -2.41. The number of hydroxylamine groups is 2. The molecule has 0 spiro atoms. The number of rotatable bonds is 12. The summed E-state index contributed by atoms with van der Waals surface area (Å²) in [6, 6.07) is 8.97. The molecule has 2 atom stereocenters. The van der Waals surface area contributed by atoms with Gasteiger partial charge in [0.2, 0.25) is 18.2 Å². The lowest BCUT2D eigenvalue weighted by Crippen LogP contribution is -2.57. The molecule has 7 heteroatoms. The molecule has 0 bridgehead atoms. The fourth-order valence-electron chi connectivity index (χ4n) is 4.04. The van der Waals surface area contributed by atoms with Crippen molar-refractivity contribution in [2.45, 2.75) is 78.9 Å². The Morgan fingerprint density at radius 3 is 2.39 bits per heavy atom. The van der Waals surface area contributed by atoms with Crippen LogP contribution in [0.2, 0.25) is 0 Å². The molecule has 1 saturated heterocycles. The summed E-state index contributed by atoms with van der Waals surface area (Å²) in [4.78, 5) is 45.8. The van der Waals surface area contributed by atoms with Crippen LogP contribution in [0.3, 0.4) is 0 Å². The van der Waals surface area contributed by atoms with Gasteiger partial charge in [-0.25, -0.2) is 5.06 Å². The van der Waals surface area contributed by atoms with Gasteiger partial charge in [0.25, 0.3) is 0 Å². The maximum atomic E-state index is 13.3. The van der Waals surface area contributed by atoms with E-state index in [0.717, 1.165) is 50.8 Å². The first kappa shape index (κ1) is 26.8. The van der Waals surface area contributed by atoms with Gasteiger partial charge in [-0.2, -0.15) is 0 Å². The molecule has 7 nitrogen and oxygen atoms in total. The highest BCUT2D eigenvalue weighted by Gasteiger charge is 2.37. The zero-order valence-electron chi connectivity index (χ0n) is 20.7. The van der Waals surface area contributed by atoms with Gasteiger partial charge in [0.05, 0.1) is 12.5 Å². The van der Waals surface area contributed by atoms with E-state index in [-0.39, 0.29) is 25.0 Å². The van der Waals surface area contributed by atoms with Gasteiger partial charge in [-0.05, 0) is 36.7 Å². The first-order valence-corrected chi connectivity index (χ1v) is 12.2. The second kappa shape index (κ2) is 13.3. The van der Waals surface area contributed by atoms with E-state index in [0.29, 0.717) is 12.8 Å². The summed E-state index contributed by atoms with van der Waals surface area (Å²) in [6.07, 6.45) is 6.17. The Morgan fingerprint density at radius 1 is 1.15 bits per heavy atom. The van der Waals surface area contributed by atoms with E-state index in [1.807, 2.05) is 56.0 Å². The smallest absolute Gasteiger partial charge is 0.245 e. The van der Waals surface area contributed by atoms with Crippen molar-refractivity contribution < 1.29 is 19.2 Å². The van der Waals surface area contributed by atoms with Crippen molar-refractivity contribution >= 4 is 18.2 Å². The maximum absolute atomic E-state index is 13.3. The second-order valence-corrected chi connectivity index (χ2v) is 10.00. The fourth-order valence-corrected chi connectivity index (χ4v) is 4.04. The molecule has 3 amide bonds. The Balaban J connectivity index is 2.07. The molecule has 33 heavy (non-hydrogen) atoms. The van der Waals surface area contributed by atoms with Crippen LogP contribution < -0.4 is 5.32 Å². The number of benzene rings is 1. The van der Waals surface area contributed by atoms with Crippen LogP contribution in [0.25, 0.3) is 0 Å². The summed E-state index contributed by atoms with van der Waals surface area (Å²) in [5.41, 5.74) is 0.520. The molecule has 1 aromatic rings. The van der Waals surface area contributed by atoms with Gasteiger partial charge in [-0.1, -0.05) is 70.9 Å². The Bertz CT molecular complexity index is 742. The number of hydrogen-bond donors (Lipinski definition) is 1. The summed E-state index contributed by atoms with van der Waals surface area (Å²) in [6.45, 7) is 9.87. The Labute approximate surface area is 198 Å². The number of carbonyl (C=O) groups excluding carboxylic acids is 3. The van der Waals surface area contributed by atoms with Crippen LogP contribution in [0, 0.1) is 11.3 Å². The van der Waals surface area contributed by atoms with Crippen molar-refractivity contribution in [2.75, 3.05) is 19.6 Å². The quantitative estimate of drug-likeness (QED) is 0.379. The lowest BCUT2D eigenvalue weighted by molar-refractivity contribution is -0.182. The van der Waals surface area contributed by atoms with Crippen LogP contribution >= 0.6 is 0 Å². The van der Waals surface area contributed by atoms with Crippen molar-refractivity contribution in [2.24, 2.45) is 11.3 Å². The standard InChI is InChI=1S/C26H41N3O4/c1-5-6-15-22(18-29(20-30)33-19-21-13-9-7-10-14-21)24(31)27-23(26(2,3)4)25(32)28-16-11-8-12-17-28/h7,9-10,13-14,20,22-23H,5-6,8,11-12,15-19H2,1-4H3,(H,27,31). The molecule has 1 aliphatic heterocycles. The van der Waals surface area contributed by atoms with Crippen LogP contribution in [0.1, 0.15) is 71.8 Å². The van der Waals surface area contributed by atoms with E-state index in [1.54, 1.807) is 0 Å². The molecule has 2 unspecified atom stereocenters. The predicted octanol–water partition coefficient (Wildman–Crippen LogP) is 3.93. The van der Waals surface area contributed by atoms with Gasteiger partial charge in [0.1, 0.15) is 12.6 Å². The minimum absolute atomic E-state index is 0.0163. The topological polar surface area (TPSA) is 79.0 Å².